The Labute approximate surface area is 166 Å². The molecular weight excluding hydrogens is 356 g/mol. The predicted octanol–water partition coefficient (Wildman–Crippen LogP) is 3.32. The number of nitrogens with one attached hydrogen (secondary N) is 1. The molecule has 0 heterocycles. The van der Waals surface area contributed by atoms with Crippen molar-refractivity contribution >= 4 is 12.2 Å². The van der Waals surface area contributed by atoms with Crippen LogP contribution in [0.2, 0.25) is 0 Å². The van der Waals surface area contributed by atoms with Crippen LogP contribution in [-0.4, -0.2) is 32.0 Å². The number of hydrogen-bond acceptors (Lipinski definition) is 5. The van der Waals surface area contributed by atoms with Gasteiger partial charge in [-0.3, -0.25) is 0 Å². The van der Waals surface area contributed by atoms with Crippen LogP contribution in [-0.2, 0) is 6.54 Å². The van der Waals surface area contributed by atoms with Crippen LogP contribution in [0.3, 0.4) is 0 Å². The van der Waals surface area contributed by atoms with Gasteiger partial charge in [-0.1, -0.05) is 30.3 Å². The molecule has 0 radical (unpaired) electrons. The van der Waals surface area contributed by atoms with Gasteiger partial charge in [0, 0.05) is 12.1 Å². The molecule has 0 atom stereocenters. The quantitative estimate of drug-likeness (QED) is 0.373. The van der Waals surface area contributed by atoms with Crippen molar-refractivity contribution in [3.05, 3.63) is 53.6 Å². The summed E-state index contributed by atoms with van der Waals surface area (Å²) in [6.07, 6.45) is 1.61. The molecule has 0 saturated heterocycles. The van der Waals surface area contributed by atoms with E-state index in [9.17, 15) is 0 Å². The number of rotatable bonds is 10. The van der Waals surface area contributed by atoms with Gasteiger partial charge >= 0.3 is 0 Å². The van der Waals surface area contributed by atoms with Crippen molar-refractivity contribution in [2.75, 3.05) is 19.8 Å². The SMILES string of the molecule is CCOc1cc(OCC)c(/C=N/NC(N)=NCc2ccccc2)c(OCC)c1. The number of guanidine groups is 1. The lowest BCUT2D eigenvalue weighted by Crippen LogP contribution is -2.27. The minimum atomic E-state index is 0.224. The standard InChI is InChI=1S/C21H28N4O3/c1-4-26-17-12-19(27-5-2)18(20(13-17)28-6-3)15-24-25-21(22)23-14-16-10-8-7-9-11-16/h7-13,15H,4-6,14H2,1-3H3,(H3,22,23,25)/b24-15+. The molecule has 0 fully saturated rings. The molecule has 0 spiro atoms. The zero-order valence-electron chi connectivity index (χ0n) is 16.6. The molecular formula is C21H28N4O3. The monoisotopic (exact) mass is 384 g/mol. The lowest BCUT2D eigenvalue weighted by molar-refractivity contribution is 0.306. The highest BCUT2D eigenvalue weighted by molar-refractivity contribution is 5.89. The first-order chi connectivity index (χ1) is 13.7. The molecule has 0 aromatic heterocycles. The van der Waals surface area contributed by atoms with Crippen LogP contribution in [0.15, 0.2) is 52.6 Å². The summed E-state index contributed by atoms with van der Waals surface area (Å²) in [6.45, 7) is 7.82. The third-order valence-electron chi connectivity index (χ3n) is 3.64. The van der Waals surface area contributed by atoms with Crippen molar-refractivity contribution in [2.24, 2.45) is 15.8 Å². The summed E-state index contributed by atoms with van der Waals surface area (Å²) >= 11 is 0. The van der Waals surface area contributed by atoms with Crippen molar-refractivity contribution in [1.82, 2.24) is 5.43 Å². The van der Waals surface area contributed by atoms with Gasteiger partial charge in [-0.15, -0.1) is 0 Å². The summed E-state index contributed by atoms with van der Waals surface area (Å²) in [5.74, 6) is 2.16. The van der Waals surface area contributed by atoms with Crippen LogP contribution in [0.5, 0.6) is 17.2 Å². The molecule has 2 aromatic rings. The fourth-order valence-electron chi connectivity index (χ4n) is 2.46. The third kappa shape index (κ3) is 6.50. The van der Waals surface area contributed by atoms with Crippen LogP contribution in [0, 0.1) is 0 Å². The lowest BCUT2D eigenvalue weighted by Gasteiger charge is -2.15. The van der Waals surface area contributed by atoms with Gasteiger partial charge in [0.1, 0.15) is 17.2 Å². The van der Waals surface area contributed by atoms with Gasteiger partial charge < -0.3 is 19.9 Å². The van der Waals surface area contributed by atoms with E-state index in [4.69, 9.17) is 19.9 Å². The fourth-order valence-corrected chi connectivity index (χ4v) is 2.46. The summed E-state index contributed by atoms with van der Waals surface area (Å²) in [6, 6.07) is 13.5. The average molecular weight is 384 g/mol. The topological polar surface area (TPSA) is 90.5 Å². The number of benzene rings is 2. The van der Waals surface area contributed by atoms with Crippen molar-refractivity contribution in [3.8, 4) is 17.2 Å². The molecule has 3 N–H and O–H groups in total. The zero-order valence-corrected chi connectivity index (χ0v) is 16.6. The molecule has 150 valence electrons. The molecule has 2 aromatic carbocycles. The summed E-state index contributed by atoms with van der Waals surface area (Å²) in [5.41, 5.74) is 10.4. The van der Waals surface area contributed by atoms with E-state index in [-0.39, 0.29) is 5.96 Å². The van der Waals surface area contributed by atoms with Crippen molar-refractivity contribution in [1.29, 1.82) is 0 Å². The smallest absolute Gasteiger partial charge is 0.209 e. The molecule has 28 heavy (non-hydrogen) atoms. The summed E-state index contributed by atoms with van der Waals surface area (Å²) in [5, 5.41) is 4.18. The highest BCUT2D eigenvalue weighted by atomic mass is 16.5. The first-order valence-electron chi connectivity index (χ1n) is 9.37. The first kappa shape index (κ1) is 21.1. The number of hydrazone groups is 1. The van der Waals surface area contributed by atoms with Gasteiger partial charge in [0.05, 0.1) is 38.1 Å². The van der Waals surface area contributed by atoms with Gasteiger partial charge in [-0.05, 0) is 26.3 Å². The van der Waals surface area contributed by atoms with E-state index in [0.717, 1.165) is 5.56 Å². The maximum absolute atomic E-state index is 5.89. The third-order valence-corrected chi connectivity index (χ3v) is 3.64. The lowest BCUT2D eigenvalue weighted by atomic mass is 10.1. The van der Waals surface area contributed by atoms with Crippen LogP contribution in [0.4, 0.5) is 0 Å². The first-order valence-corrected chi connectivity index (χ1v) is 9.37. The fraction of sp³-hybridized carbons (Fsp3) is 0.333. The second-order valence-electron chi connectivity index (χ2n) is 5.69. The average Bonchev–Trinajstić information content (AvgIpc) is 2.70. The van der Waals surface area contributed by atoms with E-state index < -0.39 is 0 Å². The molecule has 0 saturated carbocycles. The second-order valence-corrected chi connectivity index (χ2v) is 5.69. The van der Waals surface area contributed by atoms with E-state index in [0.29, 0.717) is 49.2 Å². The van der Waals surface area contributed by atoms with Gasteiger partial charge in [-0.25, -0.2) is 10.4 Å². The van der Waals surface area contributed by atoms with E-state index in [1.807, 2.05) is 63.2 Å². The van der Waals surface area contributed by atoms with Crippen LogP contribution in [0.25, 0.3) is 0 Å². The maximum atomic E-state index is 5.89. The summed E-state index contributed by atoms with van der Waals surface area (Å²) < 4.78 is 17.1. The largest absolute Gasteiger partial charge is 0.494 e. The minimum Gasteiger partial charge on any atom is -0.494 e. The number of nitrogens with two attached hydrogens (primary N) is 1. The number of ether oxygens (including phenoxy) is 3. The van der Waals surface area contributed by atoms with Crippen molar-refractivity contribution in [2.45, 2.75) is 27.3 Å². The highest BCUT2D eigenvalue weighted by Crippen LogP contribution is 2.33. The Morgan fingerprint density at radius 3 is 2.14 bits per heavy atom. The molecule has 0 aliphatic rings. The molecule has 7 nitrogen and oxygen atoms in total. The highest BCUT2D eigenvalue weighted by Gasteiger charge is 2.13. The molecule has 7 heteroatoms. The van der Waals surface area contributed by atoms with E-state index >= 15 is 0 Å². The Morgan fingerprint density at radius 2 is 1.57 bits per heavy atom. The zero-order chi connectivity index (χ0) is 20.2. The Morgan fingerprint density at radius 1 is 0.964 bits per heavy atom. The van der Waals surface area contributed by atoms with Crippen molar-refractivity contribution < 1.29 is 14.2 Å². The molecule has 2 rings (SSSR count). The minimum absolute atomic E-state index is 0.224. The van der Waals surface area contributed by atoms with Gasteiger partial charge in [0.15, 0.2) is 0 Å². The summed E-state index contributed by atoms with van der Waals surface area (Å²) in [4.78, 5) is 4.27. The van der Waals surface area contributed by atoms with E-state index in [1.165, 1.54) is 0 Å². The summed E-state index contributed by atoms with van der Waals surface area (Å²) in [7, 11) is 0. The molecule has 0 amide bonds. The van der Waals surface area contributed by atoms with Gasteiger partial charge in [-0.2, -0.15) is 5.10 Å². The van der Waals surface area contributed by atoms with Gasteiger partial charge in [0.2, 0.25) is 5.96 Å². The van der Waals surface area contributed by atoms with E-state index in [1.54, 1.807) is 6.21 Å². The Kier molecular flexibility index (Phi) is 8.65. The number of aliphatic imine (C=N–C) groups is 1. The predicted molar refractivity (Wildman–Crippen MR) is 112 cm³/mol. The Balaban J connectivity index is 2.15. The Bertz CT molecular complexity index is 764. The normalized spacial score (nSPS) is 11.5. The molecule has 0 bridgehead atoms. The van der Waals surface area contributed by atoms with Crippen LogP contribution < -0.4 is 25.4 Å². The maximum Gasteiger partial charge on any atom is 0.209 e. The second kappa shape index (κ2) is 11.5. The molecule has 0 aliphatic heterocycles. The van der Waals surface area contributed by atoms with Crippen molar-refractivity contribution in [3.63, 3.8) is 0 Å². The van der Waals surface area contributed by atoms with Crippen LogP contribution in [0.1, 0.15) is 31.9 Å². The number of hydrogen-bond donors (Lipinski definition) is 2. The molecule has 0 aliphatic carbocycles. The Hall–Kier alpha value is -3.22. The van der Waals surface area contributed by atoms with Gasteiger partial charge in [0.25, 0.3) is 0 Å². The van der Waals surface area contributed by atoms with Crippen LogP contribution >= 0.6 is 0 Å². The molecule has 0 unspecified atom stereocenters. The number of nitrogens with zero attached hydrogens (tertiary/aromatic N) is 2. The van der Waals surface area contributed by atoms with E-state index in [2.05, 4.69) is 15.5 Å².